The molecule has 6 nitrogen and oxygen atoms in total. The molecule has 0 bridgehead atoms. The molecule has 0 aliphatic carbocycles. The highest BCUT2D eigenvalue weighted by Crippen LogP contribution is 2.08. The van der Waals surface area contributed by atoms with Crippen LogP contribution in [0.25, 0.3) is 0 Å². The van der Waals surface area contributed by atoms with Gasteiger partial charge in [-0.15, -0.1) is 0 Å². The van der Waals surface area contributed by atoms with E-state index < -0.39 is 0 Å². The molecule has 1 atom stereocenters. The number of hydrogen-bond acceptors (Lipinski definition) is 4. The number of nitrogens with one attached hydrogen (secondary N) is 2. The molecule has 1 saturated heterocycles. The zero-order valence-electron chi connectivity index (χ0n) is 12.3. The molecule has 2 N–H and O–H groups in total. The minimum absolute atomic E-state index is 0.205. The number of rotatable bonds is 8. The van der Waals surface area contributed by atoms with Gasteiger partial charge in [0, 0.05) is 18.9 Å². The quantitative estimate of drug-likeness (QED) is 0.559. The summed E-state index contributed by atoms with van der Waals surface area (Å²) in [5.41, 5.74) is 1.26. The molecule has 114 valence electrons. The Balaban J connectivity index is 1.67. The second kappa shape index (κ2) is 7.73. The fourth-order valence-corrected chi connectivity index (χ4v) is 2.44. The Hall–Kier alpha value is -1.95. The summed E-state index contributed by atoms with van der Waals surface area (Å²) in [5.74, 6) is -0.205. The molecule has 21 heavy (non-hydrogen) atoms. The lowest BCUT2D eigenvalue weighted by Gasteiger charge is -2.20. The van der Waals surface area contributed by atoms with E-state index in [4.69, 9.17) is 0 Å². The molecular weight excluding hydrogens is 268 g/mol. The van der Waals surface area contributed by atoms with Crippen molar-refractivity contribution in [2.45, 2.75) is 38.8 Å². The molecule has 2 rings (SSSR count). The number of urea groups is 1. The number of unbranched alkanes of at least 4 members (excludes halogenated alkanes) is 1. The largest absolute Gasteiger partial charge is 0.326 e. The van der Waals surface area contributed by atoms with Gasteiger partial charge < -0.3 is 5.32 Å². The zero-order chi connectivity index (χ0) is 15.1. The highest BCUT2D eigenvalue weighted by atomic mass is 16.2. The van der Waals surface area contributed by atoms with Gasteiger partial charge in [0.15, 0.2) is 0 Å². The van der Waals surface area contributed by atoms with Gasteiger partial charge in [-0.3, -0.25) is 20.0 Å². The molecule has 2 heterocycles. The number of imide groups is 1. The van der Waals surface area contributed by atoms with E-state index in [1.54, 1.807) is 0 Å². The Morgan fingerprint density at radius 3 is 2.62 bits per heavy atom. The van der Waals surface area contributed by atoms with Gasteiger partial charge in [0.25, 0.3) is 5.91 Å². The first-order chi connectivity index (χ1) is 10.2. The third kappa shape index (κ3) is 4.82. The molecule has 0 saturated carbocycles. The Bertz CT molecular complexity index is 478. The van der Waals surface area contributed by atoms with Crippen LogP contribution >= 0.6 is 0 Å². The number of aromatic nitrogens is 1. The Morgan fingerprint density at radius 1 is 1.24 bits per heavy atom. The number of carbonyl (C=O) groups is 2. The Labute approximate surface area is 124 Å². The van der Waals surface area contributed by atoms with Gasteiger partial charge in [-0.25, -0.2) is 4.79 Å². The van der Waals surface area contributed by atoms with Gasteiger partial charge in [0.1, 0.15) is 6.04 Å². The fourth-order valence-electron chi connectivity index (χ4n) is 2.44. The SMILES string of the molecule is CCN(CCCCC1NC(=O)NC1=O)Cc1ccncc1. The number of amides is 3. The van der Waals surface area contributed by atoms with Crippen LogP contribution in [0, 0.1) is 0 Å². The number of pyridine rings is 1. The zero-order valence-corrected chi connectivity index (χ0v) is 12.3. The van der Waals surface area contributed by atoms with Crippen LogP contribution in [0.2, 0.25) is 0 Å². The van der Waals surface area contributed by atoms with Crippen LogP contribution in [0.15, 0.2) is 24.5 Å². The Morgan fingerprint density at radius 2 is 2.00 bits per heavy atom. The van der Waals surface area contributed by atoms with Gasteiger partial charge in [-0.1, -0.05) is 6.92 Å². The third-order valence-electron chi connectivity index (χ3n) is 3.68. The molecule has 3 amide bonds. The van der Waals surface area contributed by atoms with E-state index in [9.17, 15) is 9.59 Å². The van der Waals surface area contributed by atoms with Crippen molar-refractivity contribution in [1.29, 1.82) is 0 Å². The highest BCUT2D eigenvalue weighted by Gasteiger charge is 2.28. The van der Waals surface area contributed by atoms with Crippen LogP contribution in [0.1, 0.15) is 31.7 Å². The van der Waals surface area contributed by atoms with Gasteiger partial charge in [0.2, 0.25) is 0 Å². The summed E-state index contributed by atoms with van der Waals surface area (Å²) in [7, 11) is 0. The maximum atomic E-state index is 11.4. The average Bonchev–Trinajstić information content (AvgIpc) is 2.81. The molecule has 6 heteroatoms. The summed E-state index contributed by atoms with van der Waals surface area (Å²) in [5, 5.41) is 4.88. The van der Waals surface area contributed by atoms with Crippen LogP contribution in [-0.2, 0) is 11.3 Å². The van der Waals surface area contributed by atoms with E-state index in [-0.39, 0.29) is 18.0 Å². The van der Waals surface area contributed by atoms with Crippen molar-refractivity contribution in [3.05, 3.63) is 30.1 Å². The van der Waals surface area contributed by atoms with Crippen molar-refractivity contribution in [3.63, 3.8) is 0 Å². The first-order valence-electron chi connectivity index (χ1n) is 7.41. The van der Waals surface area contributed by atoms with Gasteiger partial charge >= 0.3 is 6.03 Å². The minimum Gasteiger partial charge on any atom is -0.326 e. The van der Waals surface area contributed by atoms with E-state index in [2.05, 4.69) is 27.4 Å². The van der Waals surface area contributed by atoms with Crippen molar-refractivity contribution in [2.75, 3.05) is 13.1 Å². The van der Waals surface area contributed by atoms with Gasteiger partial charge in [0.05, 0.1) is 0 Å². The van der Waals surface area contributed by atoms with E-state index in [1.165, 1.54) is 5.56 Å². The maximum absolute atomic E-state index is 11.4. The summed E-state index contributed by atoms with van der Waals surface area (Å²) >= 11 is 0. The van der Waals surface area contributed by atoms with Crippen molar-refractivity contribution in [2.24, 2.45) is 0 Å². The smallest absolute Gasteiger partial charge is 0.322 e. The first kappa shape index (κ1) is 15.4. The minimum atomic E-state index is -0.377. The van der Waals surface area contributed by atoms with E-state index in [1.807, 2.05) is 24.5 Å². The molecule has 0 spiro atoms. The highest BCUT2D eigenvalue weighted by molar-refractivity contribution is 6.04. The summed E-state index contributed by atoms with van der Waals surface area (Å²) < 4.78 is 0. The second-order valence-electron chi connectivity index (χ2n) is 5.24. The molecule has 1 aliphatic rings. The molecule has 1 aliphatic heterocycles. The predicted octanol–water partition coefficient (Wildman–Crippen LogP) is 1.28. The van der Waals surface area contributed by atoms with Crippen molar-refractivity contribution in [1.82, 2.24) is 20.5 Å². The van der Waals surface area contributed by atoms with E-state index in [0.29, 0.717) is 6.42 Å². The normalized spacial score (nSPS) is 17.9. The van der Waals surface area contributed by atoms with Crippen LogP contribution < -0.4 is 10.6 Å². The molecule has 0 radical (unpaired) electrons. The molecule has 1 aromatic heterocycles. The number of hydrogen-bond donors (Lipinski definition) is 2. The maximum Gasteiger partial charge on any atom is 0.322 e. The fraction of sp³-hybridized carbons (Fsp3) is 0.533. The van der Waals surface area contributed by atoms with Crippen LogP contribution in [0.3, 0.4) is 0 Å². The van der Waals surface area contributed by atoms with E-state index >= 15 is 0 Å². The number of nitrogens with zero attached hydrogens (tertiary/aromatic N) is 2. The summed E-state index contributed by atoms with van der Waals surface area (Å²) in [6.45, 7) is 5.04. The lowest BCUT2D eigenvalue weighted by Crippen LogP contribution is -2.29. The van der Waals surface area contributed by atoms with Crippen molar-refractivity contribution in [3.8, 4) is 0 Å². The predicted molar refractivity (Wildman–Crippen MR) is 79.5 cm³/mol. The van der Waals surface area contributed by atoms with Crippen LogP contribution in [0.5, 0.6) is 0 Å². The van der Waals surface area contributed by atoms with E-state index in [0.717, 1.165) is 32.5 Å². The lowest BCUT2D eigenvalue weighted by atomic mass is 10.1. The third-order valence-corrected chi connectivity index (χ3v) is 3.68. The monoisotopic (exact) mass is 290 g/mol. The Kier molecular flexibility index (Phi) is 5.68. The first-order valence-corrected chi connectivity index (χ1v) is 7.41. The topological polar surface area (TPSA) is 74.3 Å². The van der Waals surface area contributed by atoms with Crippen LogP contribution in [-0.4, -0.2) is 41.0 Å². The van der Waals surface area contributed by atoms with Crippen molar-refractivity contribution >= 4 is 11.9 Å². The molecule has 1 fully saturated rings. The molecule has 1 aromatic rings. The number of carbonyl (C=O) groups excluding carboxylic acids is 2. The molecule has 1 unspecified atom stereocenters. The van der Waals surface area contributed by atoms with Crippen molar-refractivity contribution < 1.29 is 9.59 Å². The summed E-state index contributed by atoms with van der Waals surface area (Å²) in [6.07, 6.45) is 6.25. The lowest BCUT2D eigenvalue weighted by molar-refractivity contribution is -0.120. The van der Waals surface area contributed by atoms with Gasteiger partial charge in [-0.2, -0.15) is 0 Å². The summed E-state index contributed by atoms with van der Waals surface area (Å²) in [6, 6.07) is 3.33. The second-order valence-corrected chi connectivity index (χ2v) is 5.24. The van der Waals surface area contributed by atoms with Gasteiger partial charge in [-0.05, 0) is 50.0 Å². The standard InChI is InChI=1S/C15H22N4O2/c1-2-19(11-12-6-8-16-9-7-12)10-4-3-5-13-14(20)18-15(21)17-13/h6-9,13H,2-5,10-11H2,1H3,(H2,17,18,20,21). The average molecular weight is 290 g/mol. The summed E-state index contributed by atoms with van der Waals surface area (Å²) in [4.78, 5) is 28.8. The molecule has 0 aromatic carbocycles. The molecular formula is C15H22N4O2. The van der Waals surface area contributed by atoms with Crippen LogP contribution in [0.4, 0.5) is 4.79 Å².